The summed E-state index contributed by atoms with van der Waals surface area (Å²) in [5.41, 5.74) is 0.722. The van der Waals surface area contributed by atoms with Crippen LogP contribution >= 0.6 is 0 Å². The zero-order chi connectivity index (χ0) is 15.2. The first-order valence-corrected chi connectivity index (χ1v) is 6.84. The maximum Gasteiger partial charge on any atom is 0.270 e. The molecule has 0 bridgehead atoms. The van der Waals surface area contributed by atoms with Gasteiger partial charge in [0.2, 0.25) is 0 Å². The van der Waals surface area contributed by atoms with Crippen LogP contribution in [0.4, 0.5) is 11.5 Å². The maximum absolute atomic E-state index is 10.9. The third-order valence-corrected chi connectivity index (χ3v) is 3.32. The van der Waals surface area contributed by atoms with E-state index in [1.165, 1.54) is 18.5 Å². The summed E-state index contributed by atoms with van der Waals surface area (Å²) in [6, 6.07) is 4.59. The highest BCUT2D eigenvalue weighted by molar-refractivity contribution is 5.90. The molecule has 7 heteroatoms. The maximum atomic E-state index is 10.9. The zero-order valence-corrected chi connectivity index (χ0v) is 11.9. The van der Waals surface area contributed by atoms with Crippen molar-refractivity contribution in [1.82, 2.24) is 9.97 Å². The van der Waals surface area contributed by atoms with E-state index in [-0.39, 0.29) is 12.3 Å². The monoisotopic (exact) mass is 290 g/mol. The van der Waals surface area contributed by atoms with Crippen molar-refractivity contribution in [3.05, 3.63) is 34.6 Å². The Morgan fingerprint density at radius 3 is 2.81 bits per heavy atom. The number of aliphatic hydroxyl groups excluding tert-OH is 1. The molecule has 112 valence electrons. The number of rotatable bonds is 7. The van der Waals surface area contributed by atoms with Gasteiger partial charge in [-0.15, -0.1) is 0 Å². The average molecular weight is 290 g/mol. The number of aliphatic hydroxyl groups is 1. The number of fused-ring (bicyclic) bond motifs is 1. The SMILES string of the molecule is CN(CCCCCO)c1ncnc2ccc([N+](=O)[O-])cc12. The number of unbranched alkanes of at least 4 members (excludes halogenated alkanes) is 2. The second-order valence-electron chi connectivity index (χ2n) is 4.86. The molecule has 0 atom stereocenters. The smallest absolute Gasteiger partial charge is 0.270 e. The van der Waals surface area contributed by atoms with Gasteiger partial charge < -0.3 is 10.0 Å². The number of aromatic nitrogens is 2. The highest BCUT2D eigenvalue weighted by atomic mass is 16.6. The van der Waals surface area contributed by atoms with E-state index in [4.69, 9.17) is 5.11 Å². The molecule has 1 aromatic carbocycles. The van der Waals surface area contributed by atoms with E-state index in [0.29, 0.717) is 16.7 Å². The van der Waals surface area contributed by atoms with Crippen LogP contribution in [-0.2, 0) is 0 Å². The Morgan fingerprint density at radius 1 is 1.29 bits per heavy atom. The zero-order valence-electron chi connectivity index (χ0n) is 11.9. The summed E-state index contributed by atoms with van der Waals surface area (Å²) >= 11 is 0. The number of hydrogen-bond donors (Lipinski definition) is 1. The fourth-order valence-electron chi connectivity index (χ4n) is 2.19. The normalized spacial score (nSPS) is 10.8. The van der Waals surface area contributed by atoms with Gasteiger partial charge in [-0.2, -0.15) is 0 Å². The molecule has 1 heterocycles. The van der Waals surface area contributed by atoms with Gasteiger partial charge in [0.25, 0.3) is 5.69 Å². The van der Waals surface area contributed by atoms with Crippen molar-refractivity contribution in [3.63, 3.8) is 0 Å². The molecule has 0 unspecified atom stereocenters. The molecule has 0 fully saturated rings. The summed E-state index contributed by atoms with van der Waals surface area (Å²) < 4.78 is 0. The highest BCUT2D eigenvalue weighted by Crippen LogP contribution is 2.26. The predicted molar refractivity (Wildman–Crippen MR) is 80.4 cm³/mol. The van der Waals surface area contributed by atoms with Gasteiger partial charge in [0.1, 0.15) is 12.1 Å². The van der Waals surface area contributed by atoms with Crippen LogP contribution in [0.3, 0.4) is 0 Å². The summed E-state index contributed by atoms with van der Waals surface area (Å²) in [6.07, 6.45) is 4.11. The molecular weight excluding hydrogens is 272 g/mol. The number of nitro groups is 1. The Bertz CT molecular complexity index is 633. The molecule has 0 amide bonds. The number of non-ortho nitro benzene ring substituents is 1. The topological polar surface area (TPSA) is 92.4 Å². The first-order valence-electron chi connectivity index (χ1n) is 6.84. The molecule has 0 saturated heterocycles. The van der Waals surface area contributed by atoms with E-state index in [1.54, 1.807) is 6.07 Å². The van der Waals surface area contributed by atoms with Crippen molar-refractivity contribution in [1.29, 1.82) is 0 Å². The molecule has 1 aromatic heterocycles. The number of benzene rings is 1. The molecule has 0 aliphatic rings. The van der Waals surface area contributed by atoms with Crippen LogP contribution in [0.15, 0.2) is 24.5 Å². The molecule has 0 radical (unpaired) electrons. The summed E-state index contributed by atoms with van der Waals surface area (Å²) in [4.78, 5) is 20.8. The largest absolute Gasteiger partial charge is 0.396 e. The lowest BCUT2D eigenvalue weighted by atomic mass is 10.2. The minimum absolute atomic E-state index is 0.0345. The molecule has 2 rings (SSSR count). The van der Waals surface area contributed by atoms with Crippen molar-refractivity contribution >= 4 is 22.4 Å². The first-order chi connectivity index (χ1) is 10.1. The van der Waals surface area contributed by atoms with Crippen LogP contribution in [0.1, 0.15) is 19.3 Å². The summed E-state index contributed by atoms with van der Waals surface area (Å²) in [5, 5.41) is 20.3. The Balaban J connectivity index is 2.25. The Hall–Kier alpha value is -2.28. The molecular formula is C14H18N4O3. The Labute approximate surface area is 122 Å². The van der Waals surface area contributed by atoms with E-state index in [2.05, 4.69) is 9.97 Å². The predicted octanol–water partition coefficient (Wildman–Crippen LogP) is 2.14. The fraction of sp³-hybridized carbons (Fsp3) is 0.429. The number of nitro benzene ring substituents is 1. The van der Waals surface area contributed by atoms with Crippen LogP contribution < -0.4 is 4.90 Å². The van der Waals surface area contributed by atoms with Gasteiger partial charge in [-0.3, -0.25) is 10.1 Å². The second-order valence-corrected chi connectivity index (χ2v) is 4.86. The lowest BCUT2D eigenvalue weighted by molar-refractivity contribution is -0.384. The average Bonchev–Trinajstić information content (AvgIpc) is 2.50. The minimum atomic E-state index is -0.419. The third kappa shape index (κ3) is 3.63. The summed E-state index contributed by atoms with van der Waals surface area (Å²) in [5.74, 6) is 0.688. The quantitative estimate of drug-likeness (QED) is 0.477. The molecule has 0 aliphatic heterocycles. The van der Waals surface area contributed by atoms with Gasteiger partial charge in [0.05, 0.1) is 10.4 Å². The fourth-order valence-corrected chi connectivity index (χ4v) is 2.19. The second kappa shape index (κ2) is 6.94. The number of nitrogens with zero attached hydrogens (tertiary/aromatic N) is 4. The molecule has 0 aliphatic carbocycles. The Kier molecular flexibility index (Phi) is 4.99. The highest BCUT2D eigenvalue weighted by Gasteiger charge is 2.13. The van der Waals surface area contributed by atoms with Crippen LogP contribution in [0, 0.1) is 10.1 Å². The molecule has 0 saturated carbocycles. The van der Waals surface area contributed by atoms with Gasteiger partial charge in [-0.1, -0.05) is 0 Å². The lowest BCUT2D eigenvalue weighted by Gasteiger charge is -2.19. The lowest BCUT2D eigenvalue weighted by Crippen LogP contribution is -2.20. The van der Waals surface area contributed by atoms with Gasteiger partial charge in [0.15, 0.2) is 0 Å². The van der Waals surface area contributed by atoms with Crippen LogP contribution in [0.25, 0.3) is 10.9 Å². The van der Waals surface area contributed by atoms with E-state index in [1.807, 2.05) is 11.9 Å². The van der Waals surface area contributed by atoms with Gasteiger partial charge >= 0.3 is 0 Å². The van der Waals surface area contributed by atoms with E-state index in [9.17, 15) is 10.1 Å². The molecule has 7 nitrogen and oxygen atoms in total. The summed E-state index contributed by atoms with van der Waals surface area (Å²) in [7, 11) is 1.90. The van der Waals surface area contributed by atoms with E-state index < -0.39 is 4.92 Å². The van der Waals surface area contributed by atoms with Crippen molar-refractivity contribution in [2.75, 3.05) is 25.1 Å². The van der Waals surface area contributed by atoms with E-state index >= 15 is 0 Å². The Morgan fingerprint density at radius 2 is 2.10 bits per heavy atom. The van der Waals surface area contributed by atoms with Crippen LogP contribution in [0.5, 0.6) is 0 Å². The van der Waals surface area contributed by atoms with Gasteiger partial charge in [-0.05, 0) is 25.3 Å². The van der Waals surface area contributed by atoms with Crippen molar-refractivity contribution in [3.8, 4) is 0 Å². The van der Waals surface area contributed by atoms with E-state index in [0.717, 1.165) is 25.8 Å². The number of hydrogen-bond acceptors (Lipinski definition) is 6. The minimum Gasteiger partial charge on any atom is -0.396 e. The van der Waals surface area contributed by atoms with Gasteiger partial charge in [-0.25, -0.2) is 9.97 Å². The molecule has 2 aromatic rings. The molecule has 21 heavy (non-hydrogen) atoms. The molecule has 0 spiro atoms. The van der Waals surface area contributed by atoms with Crippen molar-refractivity contribution < 1.29 is 10.0 Å². The van der Waals surface area contributed by atoms with Crippen LogP contribution in [0.2, 0.25) is 0 Å². The summed E-state index contributed by atoms with van der Waals surface area (Å²) in [6.45, 7) is 0.973. The van der Waals surface area contributed by atoms with Gasteiger partial charge in [0, 0.05) is 37.7 Å². The third-order valence-electron chi connectivity index (χ3n) is 3.32. The van der Waals surface area contributed by atoms with Crippen LogP contribution in [-0.4, -0.2) is 40.2 Å². The standard InChI is InChI=1S/C14H18N4O3/c1-17(7-3-2-4-8-19)14-12-9-11(18(20)21)5-6-13(12)15-10-16-14/h5-6,9-10,19H,2-4,7-8H2,1H3. The molecule has 1 N–H and O–H groups in total. The van der Waals surface area contributed by atoms with Crippen molar-refractivity contribution in [2.24, 2.45) is 0 Å². The number of anilines is 1. The van der Waals surface area contributed by atoms with Crippen molar-refractivity contribution in [2.45, 2.75) is 19.3 Å². The first kappa shape index (κ1) is 15.1.